The number of hydrogen-bond acceptors (Lipinski definition) is 4. The van der Waals surface area contributed by atoms with Gasteiger partial charge in [-0.05, 0) is 12.5 Å². The molecule has 1 aliphatic rings. The summed E-state index contributed by atoms with van der Waals surface area (Å²) >= 11 is 0. The minimum atomic E-state index is 0.0365. The molecule has 1 unspecified atom stereocenters. The first-order valence-corrected chi connectivity index (χ1v) is 7.59. The number of nitrogens with zero attached hydrogens (tertiary/aromatic N) is 2. The molecule has 0 radical (unpaired) electrons. The van der Waals surface area contributed by atoms with E-state index >= 15 is 0 Å². The summed E-state index contributed by atoms with van der Waals surface area (Å²) in [5.41, 5.74) is 1.12. The van der Waals surface area contributed by atoms with Crippen LogP contribution in [0.15, 0.2) is 30.3 Å². The van der Waals surface area contributed by atoms with Gasteiger partial charge < -0.3 is 10.4 Å². The van der Waals surface area contributed by atoms with Crippen LogP contribution >= 0.6 is 0 Å². The summed E-state index contributed by atoms with van der Waals surface area (Å²) in [7, 11) is 0. The second kappa shape index (κ2) is 8.12. The van der Waals surface area contributed by atoms with E-state index in [-0.39, 0.29) is 18.6 Å². The number of amides is 1. The van der Waals surface area contributed by atoms with Crippen LogP contribution < -0.4 is 5.32 Å². The fraction of sp³-hybridized carbons (Fsp3) is 0.562. The molecule has 1 aliphatic heterocycles. The Kier molecular flexibility index (Phi) is 6.17. The van der Waals surface area contributed by atoms with Crippen LogP contribution in [0.1, 0.15) is 18.5 Å². The third-order valence-corrected chi connectivity index (χ3v) is 3.93. The van der Waals surface area contributed by atoms with Crippen LogP contribution in [0.5, 0.6) is 0 Å². The van der Waals surface area contributed by atoms with Gasteiger partial charge in [0.2, 0.25) is 5.91 Å². The molecule has 116 valence electrons. The van der Waals surface area contributed by atoms with E-state index in [9.17, 15) is 4.79 Å². The van der Waals surface area contributed by atoms with E-state index in [1.165, 1.54) is 0 Å². The first-order chi connectivity index (χ1) is 10.2. The summed E-state index contributed by atoms with van der Waals surface area (Å²) < 4.78 is 0. The molecule has 1 atom stereocenters. The fourth-order valence-corrected chi connectivity index (χ4v) is 2.63. The molecule has 0 saturated carbocycles. The standard InChI is InChI=1S/C16H25N3O2/c1-14(15-5-3-2-4-6-15)17-16(21)13-19-9-7-18(8-10-19)11-12-20/h2-6,14,20H,7-13H2,1H3,(H,17,21). The molecule has 5 heteroatoms. The van der Waals surface area contributed by atoms with E-state index in [0.29, 0.717) is 6.54 Å². The van der Waals surface area contributed by atoms with Gasteiger partial charge in [-0.1, -0.05) is 30.3 Å². The first-order valence-electron chi connectivity index (χ1n) is 7.59. The number of carbonyl (C=O) groups is 1. The number of rotatable bonds is 6. The smallest absolute Gasteiger partial charge is 0.234 e. The molecule has 21 heavy (non-hydrogen) atoms. The summed E-state index contributed by atoms with van der Waals surface area (Å²) in [6, 6.07) is 10.0. The van der Waals surface area contributed by atoms with Crippen molar-refractivity contribution in [2.24, 2.45) is 0 Å². The zero-order valence-electron chi connectivity index (χ0n) is 12.7. The number of carbonyl (C=O) groups excluding carboxylic acids is 1. The first kappa shape index (κ1) is 15.9. The van der Waals surface area contributed by atoms with E-state index in [2.05, 4.69) is 15.1 Å². The highest BCUT2D eigenvalue weighted by molar-refractivity contribution is 5.78. The molecule has 0 aromatic heterocycles. The molecule has 0 spiro atoms. The lowest BCUT2D eigenvalue weighted by atomic mass is 10.1. The normalized spacial score (nSPS) is 18.4. The summed E-state index contributed by atoms with van der Waals surface area (Å²) in [5.74, 6) is 0.0713. The second-order valence-corrected chi connectivity index (χ2v) is 5.54. The summed E-state index contributed by atoms with van der Waals surface area (Å²) in [6.45, 7) is 6.99. The van der Waals surface area contributed by atoms with E-state index in [1.54, 1.807) is 0 Å². The van der Waals surface area contributed by atoms with Crippen molar-refractivity contribution < 1.29 is 9.90 Å². The highest BCUT2D eigenvalue weighted by atomic mass is 16.3. The van der Waals surface area contributed by atoms with Crippen molar-refractivity contribution in [1.82, 2.24) is 15.1 Å². The Morgan fingerprint density at radius 1 is 1.19 bits per heavy atom. The van der Waals surface area contributed by atoms with Gasteiger partial charge in [0.25, 0.3) is 0 Å². The van der Waals surface area contributed by atoms with E-state index in [1.807, 2.05) is 37.3 Å². The van der Waals surface area contributed by atoms with Crippen molar-refractivity contribution in [2.45, 2.75) is 13.0 Å². The number of nitrogens with one attached hydrogen (secondary N) is 1. The maximum absolute atomic E-state index is 12.1. The van der Waals surface area contributed by atoms with Crippen molar-refractivity contribution in [2.75, 3.05) is 45.9 Å². The van der Waals surface area contributed by atoms with Crippen LogP contribution in [0.3, 0.4) is 0 Å². The van der Waals surface area contributed by atoms with Crippen LogP contribution in [0.4, 0.5) is 0 Å². The van der Waals surface area contributed by atoms with Crippen molar-refractivity contribution in [3.8, 4) is 0 Å². The number of aliphatic hydroxyl groups excluding tert-OH is 1. The Bertz CT molecular complexity index is 430. The minimum absolute atomic E-state index is 0.0365. The molecule has 0 bridgehead atoms. The van der Waals surface area contributed by atoms with Gasteiger partial charge in [-0.25, -0.2) is 0 Å². The maximum Gasteiger partial charge on any atom is 0.234 e. The topological polar surface area (TPSA) is 55.8 Å². The monoisotopic (exact) mass is 291 g/mol. The van der Waals surface area contributed by atoms with Crippen LogP contribution in [0.2, 0.25) is 0 Å². The largest absolute Gasteiger partial charge is 0.395 e. The number of aliphatic hydroxyl groups is 1. The molecular formula is C16H25N3O2. The van der Waals surface area contributed by atoms with Crippen LogP contribution in [-0.4, -0.2) is 66.7 Å². The molecule has 1 aromatic rings. The minimum Gasteiger partial charge on any atom is -0.395 e. The van der Waals surface area contributed by atoms with Crippen LogP contribution in [-0.2, 0) is 4.79 Å². The predicted molar refractivity (Wildman–Crippen MR) is 83.0 cm³/mol. The Morgan fingerprint density at radius 3 is 2.43 bits per heavy atom. The van der Waals surface area contributed by atoms with Gasteiger partial charge in [-0.2, -0.15) is 0 Å². The second-order valence-electron chi connectivity index (χ2n) is 5.54. The molecule has 1 amide bonds. The van der Waals surface area contributed by atoms with Gasteiger partial charge in [-0.3, -0.25) is 14.6 Å². The lowest BCUT2D eigenvalue weighted by molar-refractivity contribution is -0.123. The lowest BCUT2D eigenvalue weighted by Crippen LogP contribution is -2.50. The summed E-state index contributed by atoms with van der Waals surface area (Å²) in [6.07, 6.45) is 0. The Hall–Kier alpha value is -1.43. The molecule has 1 aromatic carbocycles. The number of β-amino-alcohol motifs (C(OH)–C–C–N with tert-alkyl or cyclic N) is 1. The molecule has 2 rings (SSSR count). The van der Waals surface area contributed by atoms with Gasteiger partial charge in [0.1, 0.15) is 0 Å². The van der Waals surface area contributed by atoms with Gasteiger partial charge in [0.15, 0.2) is 0 Å². The van der Waals surface area contributed by atoms with Crippen molar-refractivity contribution >= 4 is 5.91 Å². The number of benzene rings is 1. The van der Waals surface area contributed by atoms with Gasteiger partial charge in [0, 0.05) is 32.7 Å². The number of hydrogen-bond donors (Lipinski definition) is 2. The highest BCUT2D eigenvalue weighted by Gasteiger charge is 2.19. The van der Waals surface area contributed by atoms with E-state index in [4.69, 9.17) is 5.11 Å². The molecule has 1 fully saturated rings. The summed E-state index contributed by atoms with van der Waals surface area (Å²) in [4.78, 5) is 16.5. The average Bonchev–Trinajstić information content (AvgIpc) is 2.50. The van der Waals surface area contributed by atoms with Crippen molar-refractivity contribution in [3.05, 3.63) is 35.9 Å². The van der Waals surface area contributed by atoms with Gasteiger partial charge in [0.05, 0.1) is 19.2 Å². The van der Waals surface area contributed by atoms with Crippen molar-refractivity contribution in [3.63, 3.8) is 0 Å². The molecule has 1 saturated heterocycles. The third kappa shape index (κ3) is 5.12. The zero-order valence-corrected chi connectivity index (χ0v) is 12.7. The molecule has 2 N–H and O–H groups in total. The van der Waals surface area contributed by atoms with Crippen LogP contribution in [0, 0.1) is 0 Å². The Balaban J connectivity index is 1.73. The zero-order chi connectivity index (χ0) is 15.1. The Morgan fingerprint density at radius 2 is 1.81 bits per heavy atom. The highest BCUT2D eigenvalue weighted by Crippen LogP contribution is 2.11. The fourth-order valence-electron chi connectivity index (χ4n) is 2.63. The molecular weight excluding hydrogens is 266 g/mol. The lowest BCUT2D eigenvalue weighted by Gasteiger charge is -2.34. The van der Waals surface area contributed by atoms with E-state index in [0.717, 1.165) is 38.3 Å². The Labute approximate surface area is 126 Å². The molecule has 5 nitrogen and oxygen atoms in total. The average molecular weight is 291 g/mol. The van der Waals surface area contributed by atoms with Crippen LogP contribution in [0.25, 0.3) is 0 Å². The predicted octanol–water partition coefficient (Wildman–Crippen LogP) is 0.474. The number of piperazine rings is 1. The maximum atomic E-state index is 12.1. The molecule has 1 heterocycles. The SMILES string of the molecule is CC(NC(=O)CN1CCN(CCO)CC1)c1ccccc1. The summed E-state index contributed by atoms with van der Waals surface area (Å²) in [5, 5.41) is 12.0. The quantitative estimate of drug-likeness (QED) is 0.800. The van der Waals surface area contributed by atoms with Crippen molar-refractivity contribution in [1.29, 1.82) is 0 Å². The third-order valence-electron chi connectivity index (χ3n) is 3.93. The van der Waals surface area contributed by atoms with E-state index < -0.39 is 0 Å². The van der Waals surface area contributed by atoms with Gasteiger partial charge >= 0.3 is 0 Å². The molecule has 0 aliphatic carbocycles. The van der Waals surface area contributed by atoms with Gasteiger partial charge in [-0.15, -0.1) is 0 Å².